The maximum Gasteiger partial charge on any atom is 0.251 e. The van der Waals surface area contributed by atoms with Gasteiger partial charge in [0.15, 0.2) is 0 Å². The number of anilines is 1. The van der Waals surface area contributed by atoms with Gasteiger partial charge in [-0.25, -0.2) is 4.39 Å². The van der Waals surface area contributed by atoms with Crippen molar-refractivity contribution in [2.75, 3.05) is 11.9 Å². The molecule has 0 heterocycles. The molecule has 0 unspecified atom stereocenters. The van der Waals surface area contributed by atoms with E-state index >= 15 is 0 Å². The van der Waals surface area contributed by atoms with Crippen LogP contribution in [0.3, 0.4) is 0 Å². The number of hydrogen-bond donors (Lipinski definition) is 2. The zero-order valence-corrected chi connectivity index (χ0v) is 15.1. The van der Waals surface area contributed by atoms with E-state index < -0.39 is 11.7 Å². The fourth-order valence-corrected chi connectivity index (χ4v) is 2.60. The standard InChI is InChI=1S/C21H25FN2O2/c1-2-3-4-5-8-16-11-13-17(14-12-16)21(26)23-15-20(25)24-19-10-7-6-9-18(19)22/h6-7,9-14H,2-5,8,15H2,1H3,(H,23,26)(H,24,25). The van der Waals surface area contributed by atoms with Crippen molar-refractivity contribution in [3.8, 4) is 0 Å². The fraction of sp³-hybridized carbons (Fsp3) is 0.333. The Kier molecular flexibility index (Phi) is 7.80. The summed E-state index contributed by atoms with van der Waals surface area (Å²) in [6, 6.07) is 13.3. The van der Waals surface area contributed by atoms with Crippen molar-refractivity contribution >= 4 is 17.5 Å². The van der Waals surface area contributed by atoms with Crippen LogP contribution in [0.25, 0.3) is 0 Å². The second-order valence-electron chi connectivity index (χ2n) is 6.22. The third-order valence-electron chi connectivity index (χ3n) is 4.09. The Hall–Kier alpha value is -2.69. The van der Waals surface area contributed by atoms with E-state index in [9.17, 15) is 14.0 Å². The van der Waals surface area contributed by atoms with E-state index in [4.69, 9.17) is 0 Å². The first-order valence-electron chi connectivity index (χ1n) is 9.01. The van der Waals surface area contributed by atoms with E-state index in [0.717, 1.165) is 12.8 Å². The molecule has 0 saturated heterocycles. The minimum absolute atomic E-state index is 0.0965. The number of carbonyl (C=O) groups excluding carboxylic acids is 2. The van der Waals surface area contributed by atoms with Gasteiger partial charge < -0.3 is 10.6 Å². The number of para-hydroxylation sites is 1. The average Bonchev–Trinajstić information content (AvgIpc) is 2.66. The normalized spacial score (nSPS) is 10.4. The van der Waals surface area contributed by atoms with Crippen LogP contribution in [0.4, 0.5) is 10.1 Å². The molecule has 0 spiro atoms. The van der Waals surface area contributed by atoms with E-state index in [0.29, 0.717) is 5.56 Å². The van der Waals surface area contributed by atoms with Crippen LogP contribution < -0.4 is 10.6 Å². The highest BCUT2D eigenvalue weighted by molar-refractivity contribution is 5.99. The summed E-state index contributed by atoms with van der Waals surface area (Å²) in [5.74, 6) is -1.32. The number of benzene rings is 2. The summed E-state index contributed by atoms with van der Waals surface area (Å²) in [6.45, 7) is 1.97. The van der Waals surface area contributed by atoms with Gasteiger partial charge in [0.1, 0.15) is 5.82 Å². The molecule has 2 aromatic carbocycles. The predicted octanol–water partition coefficient (Wildman–Crippen LogP) is 4.32. The predicted molar refractivity (Wildman–Crippen MR) is 102 cm³/mol. The highest BCUT2D eigenvalue weighted by Gasteiger charge is 2.10. The fourth-order valence-electron chi connectivity index (χ4n) is 2.60. The van der Waals surface area contributed by atoms with Crippen LogP contribution in [-0.4, -0.2) is 18.4 Å². The smallest absolute Gasteiger partial charge is 0.251 e. The molecule has 0 aliphatic carbocycles. The maximum absolute atomic E-state index is 13.5. The number of halogens is 1. The topological polar surface area (TPSA) is 58.2 Å². The monoisotopic (exact) mass is 356 g/mol. The summed E-state index contributed by atoms with van der Waals surface area (Å²) < 4.78 is 13.5. The Labute approximate surface area is 153 Å². The molecule has 4 nitrogen and oxygen atoms in total. The SMILES string of the molecule is CCCCCCc1ccc(C(=O)NCC(=O)Nc2ccccc2F)cc1. The molecule has 2 aromatic rings. The highest BCUT2D eigenvalue weighted by atomic mass is 19.1. The van der Waals surface area contributed by atoms with E-state index in [-0.39, 0.29) is 18.1 Å². The maximum atomic E-state index is 13.5. The van der Waals surface area contributed by atoms with Gasteiger partial charge in [0.05, 0.1) is 12.2 Å². The van der Waals surface area contributed by atoms with Gasteiger partial charge in [-0.2, -0.15) is 0 Å². The lowest BCUT2D eigenvalue weighted by Crippen LogP contribution is -2.33. The van der Waals surface area contributed by atoms with E-state index in [1.54, 1.807) is 24.3 Å². The lowest BCUT2D eigenvalue weighted by Gasteiger charge is -2.08. The van der Waals surface area contributed by atoms with E-state index in [2.05, 4.69) is 17.6 Å². The average molecular weight is 356 g/mol. The van der Waals surface area contributed by atoms with Gasteiger partial charge in [-0.05, 0) is 42.7 Å². The highest BCUT2D eigenvalue weighted by Crippen LogP contribution is 2.12. The Morgan fingerprint density at radius 1 is 0.962 bits per heavy atom. The minimum Gasteiger partial charge on any atom is -0.343 e. The van der Waals surface area contributed by atoms with Crippen LogP contribution >= 0.6 is 0 Å². The summed E-state index contributed by atoms with van der Waals surface area (Å²) in [6.07, 6.45) is 5.83. The number of carbonyl (C=O) groups is 2. The molecule has 2 N–H and O–H groups in total. The Bertz CT molecular complexity index is 729. The number of amides is 2. The molecule has 0 aliphatic rings. The van der Waals surface area contributed by atoms with Gasteiger partial charge >= 0.3 is 0 Å². The van der Waals surface area contributed by atoms with Crippen LogP contribution in [0.5, 0.6) is 0 Å². The number of hydrogen-bond acceptors (Lipinski definition) is 2. The third kappa shape index (κ3) is 6.31. The van der Waals surface area contributed by atoms with Crippen LogP contribution in [-0.2, 0) is 11.2 Å². The number of aryl methyl sites for hydroxylation is 1. The van der Waals surface area contributed by atoms with Crippen molar-refractivity contribution in [1.82, 2.24) is 5.32 Å². The van der Waals surface area contributed by atoms with Crippen LogP contribution in [0.1, 0.15) is 48.5 Å². The molecular formula is C21H25FN2O2. The first kappa shape index (κ1) is 19.6. The molecule has 0 aliphatic heterocycles. The van der Waals surface area contributed by atoms with Crippen molar-refractivity contribution < 1.29 is 14.0 Å². The lowest BCUT2D eigenvalue weighted by molar-refractivity contribution is -0.115. The zero-order valence-electron chi connectivity index (χ0n) is 15.1. The summed E-state index contributed by atoms with van der Waals surface area (Å²) in [5.41, 5.74) is 1.80. The van der Waals surface area contributed by atoms with Crippen molar-refractivity contribution in [3.63, 3.8) is 0 Å². The minimum atomic E-state index is -0.512. The molecule has 138 valence electrons. The van der Waals surface area contributed by atoms with Crippen LogP contribution in [0.2, 0.25) is 0 Å². The van der Waals surface area contributed by atoms with Gasteiger partial charge in [0, 0.05) is 5.56 Å². The Morgan fingerprint density at radius 2 is 1.69 bits per heavy atom. The molecule has 0 radical (unpaired) electrons. The molecule has 0 saturated carbocycles. The first-order valence-corrected chi connectivity index (χ1v) is 9.01. The first-order chi connectivity index (χ1) is 12.6. The summed E-state index contributed by atoms with van der Waals surface area (Å²) in [7, 11) is 0. The summed E-state index contributed by atoms with van der Waals surface area (Å²) in [4.78, 5) is 23.9. The molecule has 2 amide bonds. The van der Waals surface area contributed by atoms with E-state index in [1.807, 2.05) is 12.1 Å². The molecule has 0 aromatic heterocycles. The van der Waals surface area contributed by atoms with E-state index in [1.165, 1.54) is 37.0 Å². The molecule has 0 bridgehead atoms. The molecule has 0 atom stereocenters. The number of nitrogens with one attached hydrogen (secondary N) is 2. The number of rotatable bonds is 9. The molecule has 26 heavy (non-hydrogen) atoms. The van der Waals surface area contributed by atoms with Crippen molar-refractivity contribution in [2.45, 2.75) is 39.0 Å². The summed E-state index contributed by atoms with van der Waals surface area (Å²) >= 11 is 0. The van der Waals surface area contributed by atoms with Gasteiger partial charge in [0.25, 0.3) is 5.91 Å². The van der Waals surface area contributed by atoms with Gasteiger partial charge in [-0.3, -0.25) is 9.59 Å². The lowest BCUT2D eigenvalue weighted by atomic mass is 10.0. The molecule has 5 heteroatoms. The Morgan fingerprint density at radius 3 is 2.38 bits per heavy atom. The Balaban J connectivity index is 1.78. The second-order valence-corrected chi connectivity index (χ2v) is 6.22. The van der Waals surface area contributed by atoms with Crippen LogP contribution in [0.15, 0.2) is 48.5 Å². The van der Waals surface area contributed by atoms with Crippen LogP contribution in [0, 0.1) is 5.82 Å². The van der Waals surface area contributed by atoms with Gasteiger partial charge in [0.2, 0.25) is 5.91 Å². The third-order valence-corrected chi connectivity index (χ3v) is 4.09. The zero-order chi connectivity index (χ0) is 18.8. The molecular weight excluding hydrogens is 331 g/mol. The largest absolute Gasteiger partial charge is 0.343 e. The summed E-state index contributed by atoms with van der Waals surface area (Å²) in [5, 5.41) is 4.98. The van der Waals surface area contributed by atoms with Gasteiger partial charge in [-0.1, -0.05) is 50.5 Å². The second kappa shape index (κ2) is 10.3. The molecule has 2 rings (SSSR count). The van der Waals surface area contributed by atoms with Gasteiger partial charge in [-0.15, -0.1) is 0 Å². The van der Waals surface area contributed by atoms with Crippen molar-refractivity contribution in [1.29, 1.82) is 0 Å². The molecule has 0 fully saturated rings. The van der Waals surface area contributed by atoms with Crippen molar-refractivity contribution in [2.24, 2.45) is 0 Å². The quantitative estimate of drug-likeness (QED) is 0.658. The number of unbranched alkanes of at least 4 members (excludes halogenated alkanes) is 3. The van der Waals surface area contributed by atoms with Crippen molar-refractivity contribution in [3.05, 3.63) is 65.5 Å².